The van der Waals surface area contributed by atoms with Gasteiger partial charge in [-0.3, -0.25) is 0 Å². The minimum Gasteiger partial charge on any atom is -0.359 e. The molecule has 1 fully saturated rings. The highest BCUT2D eigenvalue weighted by molar-refractivity contribution is 6.13. The maximum Gasteiger partial charge on any atom is 0.153 e. The monoisotopic (exact) mass is 164 g/mol. The minimum atomic E-state index is -0.738. The standard InChI is InChI=1S/C6H9BN4O/c1-4-9-3-10-11(4)2-6(8)5(7)12-6/h3,5H,2,8H2,1H3. The first-order valence-corrected chi connectivity index (χ1v) is 3.68. The summed E-state index contributed by atoms with van der Waals surface area (Å²) in [6, 6.07) is -0.374. The summed E-state index contributed by atoms with van der Waals surface area (Å²) in [5.74, 6) is 0.808. The molecule has 0 bridgehead atoms. The topological polar surface area (TPSA) is 69.3 Å². The molecule has 1 aliphatic rings. The highest BCUT2D eigenvalue weighted by Crippen LogP contribution is 2.29. The summed E-state index contributed by atoms with van der Waals surface area (Å²) in [4.78, 5) is 3.95. The molecule has 0 amide bonds. The highest BCUT2D eigenvalue weighted by Gasteiger charge is 2.49. The van der Waals surface area contributed by atoms with Crippen LogP contribution in [0.2, 0.25) is 0 Å². The number of hydrogen-bond donors (Lipinski definition) is 1. The highest BCUT2D eigenvalue weighted by atomic mass is 16.6. The Morgan fingerprint density at radius 3 is 3.00 bits per heavy atom. The molecule has 5 nitrogen and oxygen atoms in total. The summed E-state index contributed by atoms with van der Waals surface area (Å²) < 4.78 is 6.67. The van der Waals surface area contributed by atoms with Crippen LogP contribution in [0, 0.1) is 6.92 Å². The van der Waals surface area contributed by atoms with Crippen LogP contribution in [0.25, 0.3) is 0 Å². The molecule has 2 atom stereocenters. The Hall–Kier alpha value is -0.875. The molecule has 1 saturated heterocycles. The van der Waals surface area contributed by atoms with Gasteiger partial charge in [0.1, 0.15) is 20.0 Å². The lowest BCUT2D eigenvalue weighted by Crippen LogP contribution is -2.34. The van der Waals surface area contributed by atoms with Gasteiger partial charge in [0, 0.05) is 0 Å². The van der Waals surface area contributed by atoms with Crippen molar-refractivity contribution in [3.63, 3.8) is 0 Å². The number of nitrogens with two attached hydrogens (primary N) is 1. The third-order valence-corrected chi connectivity index (χ3v) is 1.98. The van der Waals surface area contributed by atoms with E-state index in [0.717, 1.165) is 5.82 Å². The number of nitrogens with zero attached hydrogens (tertiary/aromatic N) is 3. The van der Waals surface area contributed by atoms with Gasteiger partial charge in [-0.25, -0.2) is 9.67 Å². The van der Waals surface area contributed by atoms with Gasteiger partial charge in [-0.15, -0.1) is 0 Å². The van der Waals surface area contributed by atoms with Gasteiger partial charge < -0.3 is 10.5 Å². The van der Waals surface area contributed by atoms with Gasteiger partial charge in [-0.1, -0.05) is 0 Å². The van der Waals surface area contributed by atoms with Crippen LogP contribution >= 0.6 is 0 Å². The van der Waals surface area contributed by atoms with Gasteiger partial charge in [0.05, 0.1) is 12.5 Å². The first-order valence-electron chi connectivity index (χ1n) is 3.68. The molecule has 12 heavy (non-hydrogen) atoms. The van der Waals surface area contributed by atoms with Crippen molar-refractivity contribution < 1.29 is 4.74 Å². The summed E-state index contributed by atoms with van der Waals surface area (Å²) in [7, 11) is 5.46. The number of ether oxygens (including phenoxy) is 1. The van der Waals surface area contributed by atoms with Crippen LogP contribution in [0.15, 0.2) is 6.33 Å². The number of hydrogen-bond acceptors (Lipinski definition) is 4. The van der Waals surface area contributed by atoms with Crippen LogP contribution in [0.4, 0.5) is 0 Å². The SMILES string of the molecule is [B]C1OC1(N)Cn1ncnc1C. The van der Waals surface area contributed by atoms with Crippen LogP contribution in [0.5, 0.6) is 0 Å². The maximum absolute atomic E-state index is 5.71. The van der Waals surface area contributed by atoms with E-state index in [4.69, 9.17) is 18.3 Å². The number of rotatable bonds is 2. The lowest BCUT2D eigenvalue weighted by molar-refractivity contribution is 0.269. The second-order valence-electron chi connectivity index (χ2n) is 2.96. The fourth-order valence-corrected chi connectivity index (χ4v) is 1.04. The van der Waals surface area contributed by atoms with Crippen LogP contribution in [-0.2, 0) is 11.3 Å². The third kappa shape index (κ3) is 1.13. The van der Waals surface area contributed by atoms with Crippen molar-refractivity contribution in [3.05, 3.63) is 12.2 Å². The van der Waals surface area contributed by atoms with E-state index in [1.165, 1.54) is 6.33 Å². The van der Waals surface area contributed by atoms with Crippen LogP contribution in [0.3, 0.4) is 0 Å². The second kappa shape index (κ2) is 2.30. The van der Waals surface area contributed by atoms with Crippen LogP contribution in [0.1, 0.15) is 5.82 Å². The molecule has 2 rings (SSSR count). The van der Waals surface area contributed by atoms with E-state index in [-0.39, 0.29) is 6.00 Å². The largest absolute Gasteiger partial charge is 0.359 e. The Labute approximate surface area is 71.3 Å². The average molecular weight is 164 g/mol. The van der Waals surface area contributed by atoms with E-state index >= 15 is 0 Å². The van der Waals surface area contributed by atoms with Crippen molar-refractivity contribution in [1.29, 1.82) is 0 Å². The number of epoxide rings is 1. The Kier molecular flexibility index (Phi) is 1.49. The van der Waals surface area contributed by atoms with Gasteiger partial charge >= 0.3 is 0 Å². The van der Waals surface area contributed by atoms with E-state index in [1.54, 1.807) is 4.68 Å². The van der Waals surface area contributed by atoms with E-state index in [1.807, 2.05) is 6.92 Å². The van der Waals surface area contributed by atoms with E-state index in [2.05, 4.69) is 10.1 Å². The zero-order chi connectivity index (χ0) is 8.77. The Morgan fingerprint density at radius 2 is 2.58 bits per heavy atom. The van der Waals surface area contributed by atoms with Crippen molar-refractivity contribution in [1.82, 2.24) is 14.8 Å². The third-order valence-electron chi connectivity index (χ3n) is 1.98. The van der Waals surface area contributed by atoms with E-state index < -0.39 is 5.72 Å². The van der Waals surface area contributed by atoms with Gasteiger partial charge in [0.25, 0.3) is 0 Å². The van der Waals surface area contributed by atoms with Gasteiger partial charge in [0.2, 0.25) is 0 Å². The predicted molar refractivity (Wildman–Crippen MR) is 42.3 cm³/mol. The first kappa shape index (κ1) is 7.76. The average Bonchev–Trinajstić information content (AvgIpc) is 2.40. The lowest BCUT2D eigenvalue weighted by Gasteiger charge is -2.06. The zero-order valence-corrected chi connectivity index (χ0v) is 6.77. The molecule has 0 saturated carbocycles. The van der Waals surface area contributed by atoms with Crippen molar-refractivity contribution in [3.8, 4) is 0 Å². The second-order valence-corrected chi connectivity index (χ2v) is 2.96. The summed E-state index contributed by atoms with van der Waals surface area (Å²) in [5.41, 5.74) is 4.98. The normalized spacial score (nSPS) is 33.7. The molecule has 1 aliphatic heterocycles. The summed E-state index contributed by atoms with van der Waals surface area (Å²) >= 11 is 0. The van der Waals surface area contributed by atoms with E-state index in [9.17, 15) is 0 Å². The van der Waals surface area contributed by atoms with Crippen molar-refractivity contribution in [2.75, 3.05) is 0 Å². The zero-order valence-electron chi connectivity index (χ0n) is 6.77. The smallest absolute Gasteiger partial charge is 0.153 e. The van der Waals surface area contributed by atoms with Crippen LogP contribution in [-0.4, -0.2) is 34.3 Å². The number of aryl methyl sites for hydroxylation is 1. The summed E-state index contributed by atoms with van der Waals surface area (Å²) in [6.45, 7) is 2.31. The Morgan fingerprint density at radius 1 is 1.92 bits per heavy atom. The molecule has 2 radical (unpaired) electrons. The molecule has 0 aromatic carbocycles. The van der Waals surface area contributed by atoms with Crippen molar-refractivity contribution in [2.24, 2.45) is 5.73 Å². The van der Waals surface area contributed by atoms with Gasteiger partial charge in [-0.05, 0) is 6.92 Å². The van der Waals surface area contributed by atoms with Crippen molar-refractivity contribution in [2.45, 2.75) is 25.2 Å². The molecular weight excluding hydrogens is 155 g/mol. The van der Waals surface area contributed by atoms with Crippen molar-refractivity contribution >= 4 is 7.85 Å². The summed E-state index contributed by atoms with van der Waals surface area (Å²) in [6.07, 6.45) is 1.48. The Balaban J connectivity index is 2.10. The fraction of sp³-hybridized carbons (Fsp3) is 0.667. The summed E-state index contributed by atoms with van der Waals surface area (Å²) in [5, 5.41) is 3.97. The Bertz CT molecular complexity index is 301. The molecule has 6 heteroatoms. The van der Waals surface area contributed by atoms with E-state index in [0.29, 0.717) is 6.54 Å². The minimum absolute atomic E-state index is 0.374. The van der Waals surface area contributed by atoms with Gasteiger partial charge in [0.15, 0.2) is 5.72 Å². The molecule has 2 heterocycles. The molecule has 62 valence electrons. The molecule has 2 N–H and O–H groups in total. The molecule has 0 spiro atoms. The quantitative estimate of drug-likeness (QED) is 0.438. The van der Waals surface area contributed by atoms with Gasteiger partial charge in [-0.2, -0.15) is 5.10 Å². The molecule has 1 aromatic heterocycles. The van der Waals surface area contributed by atoms with Crippen LogP contribution < -0.4 is 5.73 Å². The number of aromatic nitrogens is 3. The molecule has 0 aliphatic carbocycles. The molecule has 2 unspecified atom stereocenters. The lowest BCUT2D eigenvalue weighted by atomic mass is 9.98. The maximum atomic E-state index is 5.71. The molecule has 1 aromatic rings. The predicted octanol–water partition coefficient (Wildman–Crippen LogP) is -1.23. The first-order chi connectivity index (χ1) is 5.62. The molecular formula is C6H9BN4O. The fourth-order valence-electron chi connectivity index (χ4n) is 1.04.